The first-order valence-electron chi connectivity index (χ1n) is 5.63. The van der Waals surface area contributed by atoms with E-state index in [-0.39, 0.29) is 13.2 Å². The Morgan fingerprint density at radius 1 is 1.44 bits per heavy atom. The highest BCUT2D eigenvalue weighted by molar-refractivity contribution is 4.81. The molecule has 0 unspecified atom stereocenters. The van der Waals surface area contributed by atoms with Crippen molar-refractivity contribution >= 4 is 0 Å². The Balaban J connectivity index is 2.23. The molecule has 104 valence electrons. The lowest BCUT2D eigenvalue weighted by Crippen LogP contribution is -2.22. The van der Waals surface area contributed by atoms with Gasteiger partial charge < -0.3 is 10.1 Å². The van der Waals surface area contributed by atoms with Crippen molar-refractivity contribution in [1.29, 1.82) is 0 Å². The molecule has 1 aromatic heterocycles. The molecule has 0 amide bonds. The lowest BCUT2D eigenvalue weighted by molar-refractivity contribution is -0.174. The molecule has 0 spiro atoms. The predicted octanol–water partition coefficient (Wildman–Crippen LogP) is 1.35. The van der Waals surface area contributed by atoms with E-state index >= 15 is 0 Å². The highest BCUT2D eigenvalue weighted by Crippen LogP contribution is 2.14. The Morgan fingerprint density at radius 2 is 2.17 bits per heavy atom. The smallest absolute Gasteiger partial charge is 0.370 e. The normalized spacial score (nSPS) is 12.3. The van der Waals surface area contributed by atoms with Crippen molar-refractivity contribution in [3.63, 3.8) is 0 Å². The van der Waals surface area contributed by atoms with E-state index in [1.165, 1.54) is 11.0 Å². The van der Waals surface area contributed by atoms with Gasteiger partial charge in [-0.3, -0.25) is 4.68 Å². The zero-order valence-corrected chi connectivity index (χ0v) is 10.4. The summed E-state index contributed by atoms with van der Waals surface area (Å²) in [5, 5.41) is 7.24. The average molecular weight is 266 g/mol. The van der Waals surface area contributed by atoms with E-state index in [9.17, 15) is 13.2 Å². The highest BCUT2D eigenvalue weighted by Gasteiger charge is 2.27. The molecule has 5 nitrogen and oxygen atoms in total. The van der Waals surface area contributed by atoms with E-state index < -0.39 is 12.8 Å². The maximum Gasteiger partial charge on any atom is 0.411 e. The fourth-order valence-electron chi connectivity index (χ4n) is 1.16. The highest BCUT2D eigenvalue weighted by atomic mass is 19.4. The van der Waals surface area contributed by atoms with Gasteiger partial charge in [0.05, 0.1) is 19.7 Å². The minimum absolute atomic E-state index is 0.0417. The summed E-state index contributed by atoms with van der Waals surface area (Å²) in [6, 6.07) is 0.326. The molecule has 0 saturated carbocycles. The SMILES string of the molecule is CC(C)NCc1ncn(CCOCC(F)(F)F)n1. The number of hydrogen-bond acceptors (Lipinski definition) is 4. The summed E-state index contributed by atoms with van der Waals surface area (Å²) < 4.78 is 41.3. The third-order valence-electron chi connectivity index (χ3n) is 1.98. The summed E-state index contributed by atoms with van der Waals surface area (Å²) in [6.45, 7) is 3.52. The van der Waals surface area contributed by atoms with Crippen LogP contribution in [-0.4, -0.2) is 40.2 Å². The van der Waals surface area contributed by atoms with Crippen molar-refractivity contribution in [2.45, 2.75) is 39.2 Å². The van der Waals surface area contributed by atoms with E-state index in [0.29, 0.717) is 18.4 Å². The number of nitrogens with one attached hydrogen (secondary N) is 1. The first-order chi connectivity index (χ1) is 8.37. The van der Waals surface area contributed by atoms with Gasteiger partial charge in [-0.1, -0.05) is 13.8 Å². The Morgan fingerprint density at radius 3 is 2.78 bits per heavy atom. The van der Waals surface area contributed by atoms with E-state index in [2.05, 4.69) is 20.1 Å². The van der Waals surface area contributed by atoms with E-state index in [4.69, 9.17) is 0 Å². The van der Waals surface area contributed by atoms with Crippen molar-refractivity contribution in [1.82, 2.24) is 20.1 Å². The first-order valence-corrected chi connectivity index (χ1v) is 5.63. The number of ether oxygens (including phenoxy) is 1. The largest absolute Gasteiger partial charge is 0.411 e. The molecule has 8 heteroatoms. The van der Waals surface area contributed by atoms with Crippen LogP contribution in [0, 0.1) is 0 Å². The van der Waals surface area contributed by atoms with Crippen LogP contribution in [0.1, 0.15) is 19.7 Å². The molecule has 18 heavy (non-hydrogen) atoms. The van der Waals surface area contributed by atoms with E-state index in [1.54, 1.807) is 0 Å². The number of nitrogens with zero attached hydrogens (tertiary/aromatic N) is 3. The summed E-state index contributed by atoms with van der Waals surface area (Å²) in [7, 11) is 0. The zero-order chi connectivity index (χ0) is 13.6. The maximum absolute atomic E-state index is 11.8. The molecule has 1 N–H and O–H groups in total. The van der Waals surface area contributed by atoms with Gasteiger partial charge in [-0.15, -0.1) is 0 Å². The summed E-state index contributed by atoms with van der Waals surface area (Å²) in [5.74, 6) is 0.611. The van der Waals surface area contributed by atoms with Gasteiger partial charge in [-0.2, -0.15) is 18.3 Å². The maximum atomic E-state index is 11.8. The van der Waals surface area contributed by atoms with Crippen LogP contribution >= 0.6 is 0 Å². The van der Waals surface area contributed by atoms with Crippen molar-refractivity contribution in [2.75, 3.05) is 13.2 Å². The molecule has 1 rings (SSSR count). The molecule has 0 atom stereocenters. The number of alkyl halides is 3. The van der Waals surface area contributed by atoms with E-state index in [1.807, 2.05) is 13.8 Å². The summed E-state index contributed by atoms with van der Waals surface area (Å²) >= 11 is 0. The van der Waals surface area contributed by atoms with Crippen molar-refractivity contribution in [2.24, 2.45) is 0 Å². The Hall–Kier alpha value is -1.15. The average Bonchev–Trinajstić information content (AvgIpc) is 2.68. The van der Waals surface area contributed by atoms with Gasteiger partial charge in [-0.05, 0) is 0 Å². The molecule has 0 aromatic carbocycles. The van der Waals surface area contributed by atoms with Gasteiger partial charge in [0.1, 0.15) is 12.9 Å². The van der Waals surface area contributed by atoms with Crippen LogP contribution in [0.2, 0.25) is 0 Å². The topological polar surface area (TPSA) is 52.0 Å². The van der Waals surface area contributed by atoms with Crippen molar-refractivity contribution in [3.8, 4) is 0 Å². The molecule has 0 aliphatic rings. The fourth-order valence-corrected chi connectivity index (χ4v) is 1.16. The summed E-state index contributed by atoms with van der Waals surface area (Å²) in [4.78, 5) is 4.03. The molecular weight excluding hydrogens is 249 g/mol. The molecule has 0 aliphatic carbocycles. The fraction of sp³-hybridized carbons (Fsp3) is 0.800. The van der Waals surface area contributed by atoms with Crippen molar-refractivity contribution < 1.29 is 17.9 Å². The second-order valence-electron chi connectivity index (χ2n) is 4.13. The number of hydrogen-bond donors (Lipinski definition) is 1. The monoisotopic (exact) mass is 266 g/mol. The zero-order valence-electron chi connectivity index (χ0n) is 10.4. The quantitative estimate of drug-likeness (QED) is 0.757. The van der Waals surface area contributed by atoms with Crippen molar-refractivity contribution in [3.05, 3.63) is 12.2 Å². The van der Waals surface area contributed by atoms with Crippen LogP contribution < -0.4 is 5.32 Å². The summed E-state index contributed by atoms with van der Waals surface area (Å²) in [6.07, 6.45) is -2.80. The Bertz CT molecular complexity index is 351. The van der Waals surface area contributed by atoms with Crippen LogP contribution in [0.4, 0.5) is 13.2 Å². The third kappa shape index (κ3) is 6.55. The van der Waals surface area contributed by atoms with Crippen LogP contribution in [0.15, 0.2) is 6.33 Å². The molecule has 0 fully saturated rings. The first kappa shape index (κ1) is 14.9. The van der Waals surface area contributed by atoms with Gasteiger partial charge in [0.25, 0.3) is 0 Å². The second-order valence-corrected chi connectivity index (χ2v) is 4.13. The van der Waals surface area contributed by atoms with Crippen LogP contribution in [0.25, 0.3) is 0 Å². The molecule has 0 radical (unpaired) electrons. The van der Waals surface area contributed by atoms with Gasteiger partial charge in [0, 0.05) is 6.04 Å². The van der Waals surface area contributed by atoms with Gasteiger partial charge in [-0.25, -0.2) is 4.98 Å². The lowest BCUT2D eigenvalue weighted by Gasteiger charge is -2.07. The third-order valence-corrected chi connectivity index (χ3v) is 1.98. The molecule has 0 bridgehead atoms. The minimum atomic E-state index is -4.28. The van der Waals surface area contributed by atoms with Gasteiger partial charge in [0.2, 0.25) is 0 Å². The van der Waals surface area contributed by atoms with Crippen LogP contribution in [0.3, 0.4) is 0 Å². The van der Waals surface area contributed by atoms with Gasteiger partial charge >= 0.3 is 6.18 Å². The van der Waals surface area contributed by atoms with E-state index in [0.717, 1.165) is 0 Å². The standard InChI is InChI=1S/C10H17F3N4O/c1-8(2)14-5-9-15-7-17(16-9)3-4-18-6-10(11,12)13/h7-8,14H,3-6H2,1-2H3. The Labute approximate surface area is 103 Å². The van der Waals surface area contributed by atoms with Gasteiger partial charge in [0.15, 0.2) is 5.82 Å². The van der Waals surface area contributed by atoms with Crippen LogP contribution in [-0.2, 0) is 17.8 Å². The molecule has 0 aliphatic heterocycles. The minimum Gasteiger partial charge on any atom is -0.370 e. The number of halogens is 3. The van der Waals surface area contributed by atoms with Crippen LogP contribution in [0.5, 0.6) is 0 Å². The molecule has 1 heterocycles. The lowest BCUT2D eigenvalue weighted by atomic mass is 10.4. The summed E-state index contributed by atoms with van der Waals surface area (Å²) in [5.41, 5.74) is 0. The molecule has 1 aromatic rings. The molecule has 0 saturated heterocycles. The second kappa shape index (κ2) is 6.69. The number of aromatic nitrogens is 3. The number of rotatable bonds is 7. The Kier molecular flexibility index (Phi) is 5.54. The predicted molar refractivity (Wildman–Crippen MR) is 58.9 cm³/mol. The molecular formula is C10H17F3N4O.